The van der Waals surface area contributed by atoms with Gasteiger partial charge >= 0.3 is 0 Å². The van der Waals surface area contributed by atoms with Crippen LogP contribution in [0.25, 0.3) is 21.8 Å². The van der Waals surface area contributed by atoms with Crippen LogP contribution in [-0.4, -0.2) is 43.4 Å². The van der Waals surface area contributed by atoms with Gasteiger partial charge in [-0.2, -0.15) is 0 Å². The number of rotatable bonds is 6. The lowest BCUT2D eigenvalue weighted by Gasteiger charge is -2.12. The van der Waals surface area contributed by atoms with Gasteiger partial charge in [-0.05, 0) is 59.0 Å². The van der Waals surface area contributed by atoms with E-state index in [4.69, 9.17) is 46.9 Å². The topological polar surface area (TPSA) is 84.8 Å². The second kappa shape index (κ2) is 12.5. The number of hydrogen-bond donors (Lipinski definition) is 0. The molecule has 0 N–H and O–H groups in total. The van der Waals surface area contributed by atoms with Crippen LogP contribution in [0.4, 0.5) is 0 Å². The third-order valence-electron chi connectivity index (χ3n) is 5.40. The highest BCUT2D eigenvalue weighted by Gasteiger charge is 2.13. The van der Waals surface area contributed by atoms with Gasteiger partial charge in [-0.3, -0.25) is 9.97 Å². The molecule has 0 atom stereocenters. The Labute approximate surface area is 242 Å². The molecule has 3 heterocycles. The lowest BCUT2D eigenvalue weighted by atomic mass is 10.2. The van der Waals surface area contributed by atoms with E-state index in [1.165, 1.54) is 0 Å². The standard InChI is InChI=1S/C16H12ClIN2O3.C11H10ClNO2/c1-21-13-7-9-10(8-14(13)22-2)19-6-5-11(9)23-12-3-4-15(18)20-16(12)17;1-14-10-5-7-8(12)3-4-13-9(7)6-11(10)15-2/h3-8H,1-2H3;3-6H,1-2H3. The van der Waals surface area contributed by atoms with Crippen molar-refractivity contribution in [2.75, 3.05) is 28.4 Å². The summed E-state index contributed by atoms with van der Waals surface area (Å²) in [6.07, 6.45) is 3.33. The zero-order chi connectivity index (χ0) is 27.2. The van der Waals surface area contributed by atoms with Gasteiger partial charge in [0, 0.05) is 35.3 Å². The largest absolute Gasteiger partial charge is 0.493 e. The normalized spacial score (nSPS) is 10.5. The van der Waals surface area contributed by atoms with Crippen LogP contribution in [0.1, 0.15) is 0 Å². The lowest BCUT2D eigenvalue weighted by Crippen LogP contribution is -1.94. The van der Waals surface area contributed by atoms with Crippen molar-refractivity contribution < 1.29 is 23.7 Å². The highest BCUT2D eigenvalue weighted by molar-refractivity contribution is 14.1. The molecule has 5 rings (SSSR count). The van der Waals surface area contributed by atoms with E-state index < -0.39 is 0 Å². The van der Waals surface area contributed by atoms with Crippen molar-refractivity contribution in [3.05, 3.63) is 74.8 Å². The average Bonchev–Trinajstić information content (AvgIpc) is 2.93. The molecular weight excluding hydrogens is 644 g/mol. The van der Waals surface area contributed by atoms with Crippen LogP contribution in [-0.2, 0) is 0 Å². The van der Waals surface area contributed by atoms with Crippen molar-refractivity contribution in [2.45, 2.75) is 0 Å². The first kappa shape index (κ1) is 27.7. The Bertz CT molecular complexity index is 1600. The molecule has 0 bridgehead atoms. The smallest absolute Gasteiger partial charge is 0.172 e. The number of nitrogens with zero attached hydrogens (tertiary/aromatic N) is 3. The molecule has 0 aliphatic rings. The number of ether oxygens (including phenoxy) is 5. The first-order valence-corrected chi connectivity index (χ1v) is 12.9. The van der Waals surface area contributed by atoms with Gasteiger partial charge in [0.25, 0.3) is 0 Å². The summed E-state index contributed by atoms with van der Waals surface area (Å²) in [5, 5.41) is 2.61. The molecule has 196 valence electrons. The van der Waals surface area contributed by atoms with Crippen LogP contribution in [0.2, 0.25) is 10.2 Å². The third-order valence-corrected chi connectivity index (χ3v) is 6.60. The van der Waals surface area contributed by atoms with Crippen LogP contribution < -0.4 is 23.7 Å². The number of methoxy groups -OCH3 is 4. The summed E-state index contributed by atoms with van der Waals surface area (Å²) in [5.74, 6) is 3.61. The molecule has 3 aromatic heterocycles. The molecule has 0 spiro atoms. The van der Waals surface area contributed by atoms with Crippen LogP contribution in [0, 0.1) is 3.70 Å². The monoisotopic (exact) mass is 665 g/mol. The summed E-state index contributed by atoms with van der Waals surface area (Å²) in [6, 6.07) is 14.4. The molecule has 2 aromatic carbocycles. The van der Waals surface area contributed by atoms with E-state index in [0.717, 1.165) is 25.5 Å². The predicted molar refractivity (Wildman–Crippen MR) is 157 cm³/mol. The molecule has 0 aliphatic heterocycles. The number of benzene rings is 2. The van der Waals surface area contributed by atoms with Gasteiger partial charge in [-0.15, -0.1) is 0 Å². The lowest BCUT2D eigenvalue weighted by molar-refractivity contribution is 0.355. The van der Waals surface area contributed by atoms with E-state index in [0.29, 0.717) is 44.7 Å². The quantitative estimate of drug-likeness (QED) is 0.135. The van der Waals surface area contributed by atoms with Crippen LogP contribution >= 0.6 is 45.8 Å². The predicted octanol–water partition coefficient (Wildman–Crippen LogP) is 7.60. The molecule has 0 fully saturated rings. The van der Waals surface area contributed by atoms with Crippen LogP contribution in [0.5, 0.6) is 34.5 Å². The molecule has 38 heavy (non-hydrogen) atoms. The third kappa shape index (κ3) is 6.06. The SMILES string of the molecule is COc1cc2nccc(Cl)c2cc1OC.COc1cc2nccc(Oc3ccc(I)nc3Cl)c2cc1OC. The fourth-order valence-electron chi connectivity index (χ4n) is 3.57. The second-order valence-electron chi connectivity index (χ2n) is 7.58. The molecule has 0 saturated heterocycles. The highest BCUT2D eigenvalue weighted by Crippen LogP contribution is 2.38. The van der Waals surface area contributed by atoms with E-state index in [1.807, 2.05) is 18.2 Å². The van der Waals surface area contributed by atoms with E-state index in [2.05, 4.69) is 37.5 Å². The number of aromatic nitrogens is 3. The Morgan fingerprint density at radius 1 is 0.605 bits per heavy atom. The van der Waals surface area contributed by atoms with Gasteiger partial charge < -0.3 is 23.7 Å². The van der Waals surface area contributed by atoms with Gasteiger partial charge in [-0.25, -0.2) is 4.98 Å². The summed E-state index contributed by atoms with van der Waals surface area (Å²) in [6.45, 7) is 0. The molecule has 5 aromatic rings. The van der Waals surface area contributed by atoms with Gasteiger partial charge in [-0.1, -0.05) is 23.2 Å². The Morgan fingerprint density at radius 2 is 1.13 bits per heavy atom. The van der Waals surface area contributed by atoms with Gasteiger partial charge in [0.2, 0.25) is 0 Å². The molecule has 0 aliphatic carbocycles. The number of fused-ring (bicyclic) bond motifs is 2. The Kier molecular flexibility index (Phi) is 9.13. The number of pyridine rings is 3. The van der Waals surface area contributed by atoms with Crippen molar-refractivity contribution in [3.8, 4) is 34.5 Å². The maximum Gasteiger partial charge on any atom is 0.172 e. The first-order chi connectivity index (χ1) is 18.4. The van der Waals surface area contributed by atoms with Crippen molar-refractivity contribution in [1.82, 2.24) is 15.0 Å². The zero-order valence-corrected chi connectivity index (χ0v) is 24.5. The van der Waals surface area contributed by atoms with Crippen molar-refractivity contribution in [1.29, 1.82) is 0 Å². The second-order valence-corrected chi connectivity index (χ2v) is 9.45. The number of hydrogen-bond acceptors (Lipinski definition) is 8. The first-order valence-electron chi connectivity index (χ1n) is 11.0. The van der Waals surface area contributed by atoms with Crippen LogP contribution in [0.3, 0.4) is 0 Å². The molecular formula is C27H22Cl2IN3O5. The molecule has 8 nitrogen and oxygen atoms in total. The van der Waals surface area contributed by atoms with Gasteiger partial charge in [0.15, 0.2) is 33.9 Å². The van der Waals surface area contributed by atoms with Gasteiger partial charge in [0.1, 0.15) is 9.45 Å². The van der Waals surface area contributed by atoms with Crippen molar-refractivity contribution in [3.63, 3.8) is 0 Å². The van der Waals surface area contributed by atoms with Gasteiger partial charge in [0.05, 0.1) is 44.5 Å². The van der Waals surface area contributed by atoms with E-state index in [-0.39, 0.29) is 0 Å². The molecule has 0 amide bonds. The van der Waals surface area contributed by atoms with E-state index in [9.17, 15) is 0 Å². The number of halogens is 3. The summed E-state index contributed by atoms with van der Waals surface area (Å²) in [5.41, 5.74) is 1.52. The van der Waals surface area contributed by atoms with Crippen LogP contribution in [0.15, 0.2) is 60.9 Å². The summed E-state index contributed by atoms with van der Waals surface area (Å²) < 4.78 is 27.7. The van der Waals surface area contributed by atoms with E-state index in [1.54, 1.807) is 71.2 Å². The highest BCUT2D eigenvalue weighted by atomic mass is 127. The molecule has 11 heteroatoms. The molecule has 0 unspecified atom stereocenters. The fraction of sp³-hybridized carbons (Fsp3) is 0.148. The van der Waals surface area contributed by atoms with E-state index >= 15 is 0 Å². The Morgan fingerprint density at radius 3 is 1.71 bits per heavy atom. The summed E-state index contributed by atoms with van der Waals surface area (Å²) in [7, 11) is 6.35. The summed E-state index contributed by atoms with van der Waals surface area (Å²) in [4.78, 5) is 12.7. The summed E-state index contributed by atoms with van der Waals surface area (Å²) >= 11 is 14.3. The minimum absolute atomic E-state index is 0.308. The fourth-order valence-corrected chi connectivity index (χ4v) is 4.53. The molecule has 0 radical (unpaired) electrons. The van der Waals surface area contributed by atoms with Crippen molar-refractivity contribution in [2.24, 2.45) is 0 Å². The minimum atomic E-state index is 0.308. The molecule has 0 saturated carbocycles. The maximum atomic E-state index is 6.14. The minimum Gasteiger partial charge on any atom is -0.493 e. The zero-order valence-electron chi connectivity index (χ0n) is 20.8. The van der Waals surface area contributed by atoms with Crippen molar-refractivity contribution >= 4 is 67.6 Å². The Balaban J connectivity index is 0.000000194. The maximum absolute atomic E-state index is 6.14. The average molecular weight is 666 g/mol. The Hall–Kier alpha value is -3.28.